The third kappa shape index (κ3) is 5.34. The standard InChI is InChI=1S/C30H30O4/c1-8-26(31)33-29-19(4)14-24(15-20(29)5)28(23-12-10-18(3)11-13-23)25-16-21(6)30(22(7)17-25)34-27(32)9-2/h8-17,28H,1-2H2,3-7H3. The molecule has 0 fully saturated rings. The van der Waals surface area contributed by atoms with Crippen molar-refractivity contribution in [2.45, 2.75) is 40.5 Å². The maximum absolute atomic E-state index is 11.8. The highest BCUT2D eigenvalue weighted by atomic mass is 16.5. The fourth-order valence-electron chi connectivity index (χ4n) is 4.24. The highest BCUT2D eigenvalue weighted by Crippen LogP contribution is 2.38. The number of rotatable bonds is 7. The summed E-state index contributed by atoms with van der Waals surface area (Å²) in [7, 11) is 0. The smallest absolute Gasteiger partial charge is 0.335 e. The van der Waals surface area contributed by atoms with Gasteiger partial charge < -0.3 is 9.47 Å². The van der Waals surface area contributed by atoms with E-state index in [2.05, 4.69) is 68.6 Å². The normalized spacial score (nSPS) is 10.6. The second-order valence-electron chi connectivity index (χ2n) is 8.56. The van der Waals surface area contributed by atoms with Gasteiger partial charge in [0.05, 0.1) is 0 Å². The van der Waals surface area contributed by atoms with Gasteiger partial charge in [-0.3, -0.25) is 0 Å². The van der Waals surface area contributed by atoms with Gasteiger partial charge in [0.15, 0.2) is 0 Å². The van der Waals surface area contributed by atoms with Crippen molar-refractivity contribution in [3.63, 3.8) is 0 Å². The zero-order valence-corrected chi connectivity index (χ0v) is 20.4. The number of ether oxygens (including phenoxy) is 2. The Morgan fingerprint density at radius 3 is 1.32 bits per heavy atom. The van der Waals surface area contributed by atoms with Crippen LogP contribution in [0.3, 0.4) is 0 Å². The molecule has 0 aromatic heterocycles. The van der Waals surface area contributed by atoms with Crippen LogP contribution in [0.4, 0.5) is 0 Å². The molecule has 3 rings (SSSR count). The summed E-state index contributed by atoms with van der Waals surface area (Å²) in [5.41, 5.74) is 7.94. The van der Waals surface area contributed by atoms with Crippen molar-refractivity contribution in [2.75, 3.05) is 0 Å². The van der Waals surface area contributed by atoms with E-state index in [-0.39, 0.29) is 5.92 Å². The maximum atomic E-state index is 11.8. The number of esters is 2. The molecule has 0 spiro atoms. The third-order valence-corrected chi connectivity index (χ3v) is 5.78. The Hall–Kier alpha value is -3.92. The number of carbonyl (C=O) groups excluding carboxylic acids is 2. The van der Waals surface area contributed by atoms with Crippen molar-refractivity contribution in [3.8, 4) is 11.5 Å². The summed E-state index contributed by atoms with van der Waals surface area (Å²) in [5.74, 6) is 0.0734. The summed E-state index contributed by atoms with van der Waals surface area (Å²) in [4.78, 5) is 23.6. The SMILES string of the molecule is C=CC(=O)Oc1c(C)cc(C(c2ccc(C)cc2)c2cc(C)c(OC(=O)C=C)c(C)c2)cc1C. The van der Waals surface area contributed by atoms with Crippen LogP contribution in [-0.2, 0) is 9.59 Å². The fourth-order valence-corrected chi connectivity index (χ4v) is 4.24. The summed E-state index contributed by atoms with van der Waals surface area (Å²) in [6, 6.07) is 16.7. The predicted molar refractivity (Wildman–Crippen MR) is 136 cm³/mol. The van der Waals surface area contributed by atoms with Gasteiger partial charge in [-0.05, 0) is 73.6 Å². The van der Waals surface area contributed by atoms with Gasteiger partial charge in [-0.25, -0.2) is 9.59 Å². The Morgan fingerprint density at radius 1 is 0.647 bits per heavy atom. The minimum Gasteiger partial charge on any atom is -0.423 e. The first-order valence-corrected chi connectivity index (χ1v) is 11.1. The topological polar surface area (TPSA) is 52.6 Å². The molecule has 34 heavy (non-hydrogen) atoms. The van der Waals surface area contributed by atoms with E-state index in [1.807, 2.05) is 27.7 Å². The molecular formula is C30H30O4. The Labute approximate surface area is 201 Å². The number of benzene rings is 3. The molecule has 0 radical (unpaired) electrons. The molecule has 0 amide bonds. The Kier molecular flexibility index (Phi) is 7.52. The monoisotopic (exact) mass is 454 g/mol. The first-order chi connectivity index (χ1) is 16.1. The van der Waals surface area contributed by atoms with Crippen LogP contribution in [0.15, 0.2) is 73.8 Å². The van der Waals surface area contributed by atoms with Gasteiger partial charge in [0.2, 0.25) is 0 Å². The average Bonchev–Trinajstić information content (AvgIpc) is 2.79. The summed E-state index contributed by atoms with van der Waals surface area (Å²) in [6.07, 6.45) is 2.32. The lowest BCUT2D eigenvalue weighted by atomic mass is 9.82. The van der Waals surface area contributed by atoms with Crippen LogP contribution in [0.2, 0.25) is 0 Å². The molecule has 0 saturated heterocycles. The molecule has 0 heterocycles. The first kappa shape index (κ1) is 24.7. The molecule has 174 valence electrons. The van der Waals surface area contributed by atoms with E-state index >= 15 is 0 Å². The van der Waals surface area contributed by atoms with Crippen LogP contribution in [0, 0.1) is 34.6 Å². The molecule has 3 aromatic carbocycles. The van der Waals surface area contributed by atoms with Crippen LogP contribution in [0.5, 0.6) is 11.5 Å². The molecule has 0 bridgehead atoms. The van der Waals surface area contributed by atoms with E-state index in [0.29, 0.717) is 11.5 Å². The molecule has 0 unspecified atom stereocenters. The van der Waals surface area contributed by atoms with Gasteiger partial charge >= 0.3 is 11.9 Å². The van der Waals surface area contributed by atoms with Crippen molar-refractivity contribution in [1.29, 1.82) is 0 Å². The fraction of sp³-hybridized carbons (Fsp3) is 0.200. The molecule has 0 saturated carbocycles. The van der Waals surface area contributed by atoms with Crippen molar-refractivity contribution in [2.24, 2.45) is 0 Å². The van der Waals surface area contributed by atoms with Crippen LogP contribution in [0.25, 0.3) is 0 Å². The minimum absolute atomic E-state index is 0.0660. The minimum atomic E-state index is -0.482. The summed E-state index contributed by atoms with van der Waals surface area (Å²) in [5, 5.41) is 0. The highest BCUT2D eigenvalue weighted by Gasteiger charge is 2.22. The van der Waals surface area contributed by atoms with E-state index in [9.17, 15) is 9.59 Å². The first-order valence-electron chi connectivity index (χ1n) is 11.1. The van der Waals surface area contributed by atoms with Gasteiger partial charge in [0.1, 0.15) is 11.5 Å². The molecule has 4 heteroatoms. The third-order valence-electron chi connectivity index (χ3n) is 5.78. The molecule has 0 N–H and O–H groups in total. The molecular weight excluding hydrogens is 424 g/mol. The second-order valence-corrected chi connectivity index (χ2v) is 8.56. The van der Waals surface area contributed by atoms with Crippen molar-refractivity contribution in [1.82, 2.24) is 0 Å². The van der Waals surface area contributed by atoms with E-state index in [1.54, 1.807) is 0 Å². The zero-order valence-electron chi connectivity index (χ0n) is 20.4. The highest BCUT2D eigenvalue weighted by molar-refractivity contribution is 5.84. The Morgan fingerprint density at radius 2 is 1.00 bits per heavy atom. The number of aryl methyl sites for hydroxylation is 5. The summed E-state index contributed by atoms with van der Waals surface area (Å²) in [6.45, 7) is 16.8. The van der Waals surface area contributed by atoms with E-state index in [4.69, 9.17) is 9.47 Å². The largest absolute Gasteiger partial charge is 0.423 e. The maximum Gasteiger partial charge on any atom is 0.335 e. The summed E-state index contributed by atoms with van der Waals surface area (Å²) >= 11 is 0. The van der Waals surface area contributed by atoms with E-state index in [1.165, 1.54) is 5.56 Å². The van der Waals surface area contributed by atoms with Crippen molar-refractivity contribution in [3.05, 3.63) is 118 Å². The summed E-state index contributed by atoms with van der Waals surface area (Å²) < 4.78 is 11.0. The number of hydrogen-bond acceptors (Lipinski definition) is 4. The van der Waals surface area contributed by atoms with Crippen LogP contribution in [0.1, 0.15) is 50.4 Å². The lowest BCUT2D eigenvalue weighted by molar-refractivity contribution is -0.129. The predicted octanol–water partition coefficient (Wildman–Crippen LogP) is 6.59. The molecule has 0 atom stereocenters. The zero-order chi connectivity index (χ0) is 25.0. The average molecular weight is 455 g/mol. The molecule has 0 aliphatic rings. The van der Waals surface area contributed by atoms with Crippen LogP contribution >= 0.6 is 0 Å². The molecule has 3 aromatic rings. The van der Waals surface area contributed by atoms with Gasteiger partial charge in [0, 0.05) is 18.1 Å². The van der Waals surface area contributed by atoms with Gasteiger partial charge in [-0.2, -0.15) is 0 Å². The van der Waals surface area contributed by atoms with Gasteiger partial charge in [-0.1, -0.05) is 67.3 Å². The van der Waals surface area contributed by atoms with E-state index in [0.717, 1.165) is 51.1 Å². The molecule has 0 aliphatic heterocycles. The van der Waals surface area contributed by atoms with E-state index < -0.39 is 11.9 Å². The molecule has 0 aliphatic carbocycles. The van der Waals surface area contributed by atoms with Crippen LogP contribution < -0.4 is 9.47 Å². The second kappa shape index (κ2) is 10.3. The van der Waals surface area contributed by atoms with Crippen molar-refractivity contribution < 1.29 is 19.1 Å². The number of hydrogen-bond donors (Lipinski definition) is 0. The van der Waals surface area contributed by atoms with Crippen LogP contribution in [-0.4, -0.2) is 11.9 Å². The molecule has 4 nitrogen and oxygen atoms in total. The van der Waals surface area contributed by atoms with Gasteiger partial charge in [-0.15, -0.1) is 0 Å². The lowest BCUT2D eigenvalue weighted by Gasteiger charge is -2.23. The van der Waals surface area contributed by atoms with Crippen molar-refractivity contribution >= 4 is 11.9 Å². The van der Waals surface area contributed by atoms with Gasteiger partial charge in [0.25, 0.3) is 0 Å². The quantitative estimate of drug-likeness (QED) is 0.175. The Bertz CT molecular complexity index is 1140. The number of carbonyl (C=O) groups is 2. The lowest BCUT2D eigenvalue weighted by Crippen LogP contribution is -2.10. The Balaban J connectivity index is 2.17.